The van der Waals surface area contributed by atoms with E-state index >= 15 is 0 Å². The molecule has 12 heavy (non-hydrogen) atoms. The largest absolute Gasteiger partial charge is 0.392 e. The number of nitrogens with one attached hydrogen (secondary N) is 1. The lowest BCUT2D eigenvalue weighted by Crippen LogP contribution is -2.31. The molecule has 68 valence electrons. The van der Waals surface area contributed by atoms with E-state index in [-0.39, 0.29) is 12.0 Å². The number of rotatable bonds is 5. The van der Waals surface area contributed by atoms with Crippen LogP contribution in [0.25, 0.3) is 0 Å². The lowest BCUT2D eigenvalue weighted by atomic mass is 10.2. The van der Waals surface area contributed by atoms with E-state index in [2.05, 4.69) is 11.4 Å². The molecule has 0 aromatic heterocycles. The molecule has 0 aromatic carbocycles. The first-order valence-corrected chi connectivity index (χ1v) is 4.52. The van der Waals surface area contributed by atoms with Gasteiger partial charge in [-0.25, -0.2) is 0 Å². The summed E-state index contributed by atoms with van der Waals surface area (Å²) in [6.07, 6.45) is 2.13. The molecule has 1 aliphatic rings. The standard InChI is InChI=1S/C9H16N2O/c1-7(4-10)5-11-6-9(12)8-2-3-8/h7-9,11-12H,2-3,5-6H2,1H3. The first-order chi connectivity index (χ1) is 5.74. The van der Waals surface area contributed by atoms with Crippen molar-refractivity contribution in [3.8, 4) is 6.07 Å². The molecule has 1 saturated carbocycles. The second-order valence-electron chi connectivity index (χ2n) is 3.59. The fourth-order valence-corrected chi connectivity index (χ4v) is 1.14. The smallest absolute Gasteiger partial charge is 0.0692 e. The van der Waals surface area contributed by atoms with Crippen molar-refractivity contribution in [3.63, 3.8) is 0 Å². The minimum Gasteiger partial charge on any atom is -0.392 e. The van der Waals surface area contributed by atoms with E-state index in [0.29, 0.717) is 19.0 Å². The van der Waals surface area contributed by atoms with Crippen molar-refractivity contribution in [1.29, 1.82) is 5.26 Å². The predicted octanol–water partition coefficient (Wildman–Crippen LogP) is 0.507. The molecule has 1 fully saturated rings. The Kier molecular flexibility index (Phi) is 3.51. The molecule has 3 heteroatoms. The highest BCUT2D eigenvalue weighted by atomic mass is 16.3. The monoisotopic (exact) mass is 168 g/mol. The van der Waals surface area contributed by atoms with Gasteiger partial charge in [0.2, 0.25) is 0 Å². The van der Waals surface area contributed by atoms with Crippen molar-refractivity contribution in [2.24, 2.45) is 11.8 Å². The van der Waals surface area contributed by atoms with Gasteiger partial charge in [-0.2, -0.15) is 5.26 Å². The Morgan fingerprint density at radius 1 is 1.58 bits per heavy atom. The van der Waals surface area contributed by atoms with E-state index in [0.717, 1.165) is 12.8 Å². The number of hydrogen-bond donors (Lipinski definition) is 2. The first kappa shape index (κ1) is 9.50. The minimum atomic E-state index is -0.198. The van der Waals surface area contributed by atoms with Crippen LogP contribution in [0.2, 0.25) is 0 Å². The van der Waals surface area contributed by atoms with Gasteiger partial charge in [0.05, 0.1) is 18.1 Å². The van der Waals surface area contributed by atoms with Crippen molar-refractivity contribution in [2.45, 2.75) is 25.9 Å². The fourth-order valence-electron chi connectivity index (χ4n) is 1.14. The Hall–Kier alpha value is -0.590. The number of aliphatic hydroxyl groups excluding tert-OH is 1. The summed E-state index contributed by atoms with van der Waals surface area (Å²) in [5.74, 6) is 0.561. The summed E-state index contributed by atoms with van der Waals surface area (Å²) in [6.45, 7) is 3.19. The normalized spacial score (nSPS) is 21.4. The highest BCUT2D eigenvalue weighted by Crippen LogP contribution is 2.32. The summed E-state index contributed by atoms with van der Waals surface area (Å²) in [5, 5.41) is 21.0. The van der Waals surface area contributed by atoms with Crippen LogP contribution in [0.3, 0.4) is 0 Å². The quantitative estimate of drug-likeness (QED) is 0.628. The van der Waals surface area contributed by atoms with Crippen LogP contribution in [0.4, 0.5) is 0 Å². The van der Waals surface area contributed by atoms with E-state index in [1.807, 2.05) is 6.92 Å². The zero-order valence-corrected chi connectivity index (χ0v) is 7.45. The predicted molar refractivity (Wildman–Crippen MR) is 46.4 cm³/mol. The fraction of sp³-hybridized carbons (Fsp3) is 0.889. The molecule has 1 aliphatic carbocycles. The van der Waals surface area contributed by atoms with Gasteiger partial charge < -0.3 is 10.4 Å². The lowest BCUT2D eigenvalue weighted by Gasteiger charge is -2.10. The lowest BCUT2D eigenvalue weighted by molar-refractivity contribution is 0.148. The molecule has 2 unspecified atom stereocenters. The van der Waals surface area contributed by atoms with Gasteiger partial charge >= 0.3 is 0 Å². The molecule has 0 radical (unpaired) electrons. The number of hydrogen-bond acceptors (Lipinski definition) is 3. The van der Waals surface area contributed by atoms with Crippen molar-refractivity contribution >= 4 is 0 Å². The van der Waals surface area contributed by atoms with Crippen molar-refractivity contribution < 1.29 is 5.11 Å². The number of aliphatic hydroxyl groups is 1. The van der Waals surface area contributed by atoms with Crippen molar-refractivity contribution in [3.05, 3.63) is 0 Å². The number of nitriles is 1. The van der Waals surface area contributed by atoms with Crippen LogP contribution in [0.5, 0.6) is 0 Å². The van der Waals surface area contributed by atoms with Gasteiger partial charge in [0, 0.05) is 13.1 Å². The van der Waals surface area contributed by atoms with Crippen LogP contribution in [0.15, 0.2) is 0 Å². The molecular weight excluding hydrogens is 152 g/mol. The third-order valence-electron chi connectivity index (χ3n) is 2.19. The molecule has 1 rings (SSSR count). The average molecular weight is 168 g/mol. The molecule has 3 nitrogen and oxygen atoms in total. The summed E-state index contributed by atoms with van der Waals surface area (Å²) in [7, 11) is 0. The van der Waals surface area contributed by atoms with Crippen LogP contribution < -0.4 is 5.32 Å². The van der Waals surface area contributed by atoms with E-state index in [9.17, 15) is 5.11 Å². The highest BCUT2D eigenvalue weighted by molar-refractivity contribution is 4.84. The SMILES string of the molecule is CC(C#N)CNCC(O)C1CC1. The summed E-state index contributed by atoms with van der Waals surface area (Å²) in [4.78, 5) is 0. The van der Waals surface area contributed by atoms with E-state index in [4.69, 9.17) is 5.26 Å². The van der Waals surface area contributed by atoms with E-state index in [1.165, 1.54) is 0 Å². The maximum atomic E-state index is 9.43. The third-order valence-corrected chi connectivity index (χ3v) is 2.19. The molecule has 0 heterocycles. The van der Waals surface area contributed by atoms with E-state index < -0.39 is 0 Å². The van der Waals surface area contributed by atoms with Crippen LogP contribution in [0.1, 0.15) is 19.8 Å². The molecule has 2 atom stereocenters. The molecule has 0 spiro atoms. The second kappa shape index (κ2) is 4.44. The number of nitrogens with zero attached hydrogens (tertiary/aromatic N) is 1. The van der Waals surface area contributed by atoms with Gasteiger partial charge in [-0.05, 0) is 25.7 Å². The molecule has 0 aromatic rings. The first-order valence-electron chi connectivity index (χ1n) is 4.52. The summed E-state index contributed by atoms with van der Waals surface area (Å²) in [5.41, 5.74) is 0. The van der Waals surface area contributed by atoms with Crippen LogP contribution in [-0.2, 0) is 0 Å². The van der Waals surface area contributed by atoms with Crippen LogP contribution in [-0.4, -0.2) is 24.3 Å². The maximum absolute atomic E-state index is 9.43. The van der Waals surface area contributed by atoms with Gasteiger partial charge in [0.25, 0.3) is 0 Å². The van der Waals surface area contributed by atoms with Crippen molar-refractivity contribution in [1.82, 2.24) is 5.32 Å². The Balaban J connectivity index is 1.98. The van der Waals surface area contributed by atoms with Gasteiger partial charge in [0.1, 0.15) is 0 Å². The van der Waals surface area contributed by atoms with Crippen LogP contribution in [0, 0.1) is 23.2 Å². The minimum absolute atomic E-state index is 0.0383. The molecular formula is C9H16N2O. The molecule has 0 bridgehead atoms. The maximum Gasteiger partial charge on any atom is 0.0692 e. The Bertz CT molecular complexity index is 172. The van der Waals surface area contributed by atoms with Gasteiger partial charge in [0.15, 0.2) is 0 Å². The van der Waals surface area contributed by atoms with E-state index in [1.54, 1.807) is 0 Å². The second-order valence-corrected chi connectivity index (χ2v) is 3.59. The Morgan fingerprint density at radius 3 is 2.75 bits per heavy atom. The molecule has 0 saturated heterocycles. The molecule has 0 aliphatic heterocycles. The third kappa shape index (κ3) is 3.21. The average Bonchev–Trinajstić information content (AvgIpc) is 2.86. The summed E-state index contributed by atoms with van der Waals surface area (Å²) in [6, 6.07) is 2.14. The Labute approximate surface area is 73.4 Å². The topological polar surface area (TPSA) is 56.0 Å². The zero-order chi connectivity index (χ0) is 8.97. The molecule has 2 N–H and O–H groups in total. The summed E-state index contributed by atoms with van der Waals surface area (Å²) >= 11 is 0. The van der Waals surface area contributed by atoms with Gasteiger partial charge in [-0.1, -0.05) is 0 Å². The van der Waals surface area contributed by atoms with Gasteiger partial charge in [-0.15, -0.1) is 0 Å². The van der Waals surface area contributed by atoms with Crippen molar-refractivity contribution in [2.75, 3.05) is 13.1 Å². The zero-order valence-electron chi connectivity index (χ0n) is 7.45. The molecule has 0 amide bonds. The van der Waals surface area contributed by atoms with Crippen LogP contribution >= 0.6 is 0 Å². The summed E-state index contributed by atoms with van der Waals surface area (Å²) < 4.78 is 0. The Morgan fingerprint density at radius 2 is 2.25 bits per heavy atom. The highest BCUT2D eigenvalue weighted by Gasteiger charge is 2.29. The van der Waals surface area contributed by atoms with Gasteiger partial charge in [-0.3, -0.25) is 0 Å².